The van der Waals surface area contributed by atoms with Gasteiger partial charge in [-0.3, -0.25) is 4.79 Å². The summed E-state index contributed by atoms with van der Waals surface area (Å²) in [5.41, 5.74) is 0. The topological polar surface area (TPSA) is 50.4 Å². The smallest absolute Gasteiger partial charge is 0.261 e. The monoisotopic (exact) mass is 226 g/mol. The van der Waals surface area contributed by atoms with E-state index < -0.39 is 0 Å². The van der Waals surface area contributed by atoms with Crippen LogP contribution >= 0.6 is 11.3 Å². The van der Waals surface area contributed by atoms with Gasteiger partial charge in [0.05, 0.1) is 17.0 Å². The normalized spacial score (nSPS) is 25.4. The third-order valence-electron chi connectivity index (χ3n) is 2.52. The number of carbonyl (C=O) groups is 1. The molecule has 2 heterocycles. The van der Waals surface area contributed by atoms with Crippen LogP contribution in [0.15, 0.2) is 17.5 Å². The van der Waals surface area contributed by atoms with E-state index in [1.807, 2.05) is 17.5 Å². The van der Waals surface area contributed by atoms with Gasteiger partial charge in [0, 0.05) is 20.2 Å². The van der Waals surface area contributed by atoms with Crippen LogP contribution in [-0.2, 0) is 4.74 Å². The second kappa shape index (κ2) is 4.74. The number of ether oxygens (including phenoxy) is 1. The van der Waals surface area contributed by atoms with Gasteiger partial charge >= 0.3 is 0 Å². The molecule has 1 aliphatic rings. The summed E-state index contributed by atoms with van der Waals surface area (Å²) in [5.74, 6) is -0.0132. The number of methoxy groups -OCH3 is 1. The number of carbonyl (C=O) groups excluding carboxylic acids is 1. The van der Waals surface area contributed by atoms with E-state index in [-0.39, 0.29) is 18.1 Å². The SMILES string of the molecule is COC1CNCC1NC(=O)c1cccs1. The summed E-state index contributed by atoms with van der Waals surface area (Å²) in [7, 11) is 1.67. The van der Waals surface area contributed by atoms with E-state index in [0.717, 1.165) is 18.0 Å². The molecule has 5 heteroatoms. The molecule has 15 heavy (non-hydrogen) atoms. The lowest BCUT2D eigenvalue weighted by atomic mass is 10.2. The Bertz CT molecular complexity index is 326. The predicted molar refractivity (Wildman–Crippen MR) is 59.2 cm³/mol. The van der Waals surface area contributed by atoms with Gasteiger partial charge in [-0.25, -0.2) is 0 Å². The molecule has 1 aromatic heterocycles. The molecule has 1 fully saturated rings. The Morgan fingerprint density at radius 1 is 1.67 bits per heavy atom. The van der Waals surface area contributed by atoms with Crippen molar-refractivity contribution in [3.63, 3.8) is 0 Å². The van der Waals surface area contributed by atoms with Gasteiger partial charge in [0.1, 0.15) is 0 Å². The van der Waals surface area contributed by atoms with Crippen molar-refractivity contribution in [1.82, 2.24) is 10.6 Å². The van der Waals surface area contributed by atoms with E-state index in [9.17, 15) is 4.79 Å². The molecule has 82 valence electrons. The van der Waals surface area contributed by atoms with Crippen LogP contribution in [-0.4, -0.2) is 38.3 Å². The zero-order chi connectivity index (χ0) is 10.7. The fraction of sp³-hybridized carbons (Fsp3) is 0.500. The molecule has 0 aliphatic carbocycles. The molecule has 0 bridgehead atoms. The first-order valence-corrected chi connectivity index (χ1v) is 5.77. The average molecular weight is 226 g/mol. The molecule has 1 aromatic rings. The van der Waals surface area contributed by atoms with E-state index in [1.165, 1.54) is 11.3 Å². The fourth-order valence-electron chi connectivity index (χ4n) is 1.69. The van der Waals surface area contributed by atoms with Crippen molar-refractivity contribution in [3.8, 4) is 0 Å². The number of thiophene rings is 1. The molecule has 2 unspecified atom stereocenters. The van der Waals surface area contributed by atoms with Crippen molar-refractivity contribution in [2.45, 2.75) is 12.1 Å². The summed E-state index contributed by atoms with van der Waals surface area (Å²) in [4.78, 5) is 12.5. The van der Waals surface area contributed by atoms with E-state index in [4.69, 9.17) is 4.74 Å². The van der Waals surface area contributed by atoms with Crippen molar-refractivity contribution in [3.05, 3.63) is 22.4 Å². The largest absolute Gasteiger partial charge is 0.378 e. The first-order valence-electron chi connectivity index (χ1n) is 4.89. The molecule has 4 nitrogen and oxygen atoms in total. The molecule has 0 spiro atoms. The Balaban J connectivity index is 1.94. The highest BCUT2D eigenvalue weighted by Crippen LogP contribution is 2.10. The minimum absolute atomic E-state index is 0.0132. The quantitative estimate of drug-likeness (QED) is 0.787. The molecule has 2 N–H and O–H groups in total. The van der Waals surface area contributed by atoms with Gasteiger partial charge in [0.15, 0.2) is 0 Å². The molecular weight excluding hydrogens is 212 g/mol. The molecule has 0 radical (unpaired) electrons. The number of hydrogen-bond donors (Lipinski definition) is 2. The van der Waals surface area contributed by atoms with Crippen LogP contribution in [0.5, 0.6) is 0 Å². The van der Waals surface area contributed by atoms with E-state index >= 15 is 0 Å². The maximum absolute atomic E-state index is 11.7. The lowest BCUT2D eigenvalue weighted by Gasteiger charge is -2.17. The summed E-state index contributed by atoms with van der Waals surface area (Å²) in [6, 6.07) is 3.77. The lowest BCUT2D eigenvalue weighted by Crippen LogP contribution is -2.43. The fourth-order valence-corrected chi connectivity index (χ4v) is 2.32. The van der Waals surface area contributed by atoms with E-state index in [1.54, 1.807) is 7.11 Å². The van der Waals surface area contributed by atoms with Crippen LogP contribution in [0.3, 0.4) is 0 Å². The van der Waals surface area contributed by atoms with Crippen molar-refractivity contribution in [2.24, 2.45) is 0 Å². The summed E-state index contributed by atoms with van der Waals surface area (Å²) in [6.45, 7) is 1.57. The molecule has 0 aromatic carbocycles. The molecule has 2 atom stereocenters. The van der Waals surface area contributed by atoms with Gasteiger partial charge < -0.3 is 15.4 Å². The highest BCUT2D eigenvalue weighted by atomic mass is 32.1. The van der Waals surface area contributed by atoms with Crippen molar-refractivity contribution in [2.75, 3.05) is 20.2 Å². The van der Waals surface area contributed by atoms with Gasteiger partial charge in [-0.2, -0.15) is 0 Å². The highest BCUT2D eigenvalue weighted by molar-refractivity contribution is 7.12. The molecule has 1 amide bonds. The van der Waals surface area contributed by atoms with Crippen LogP contribution in [0.2, 0.25) is 0 Å². The third-order valence-corrected chi connectivity index (χ3v) is 3.39. The maximum Gasteiger partial charge on any atom is 0.261 e. The molecular formula is C10H14N2O2S. The van der Waals surface area contributed by atoms with E-state index in [2.05, 4.69) is 10.6 Å². The molecule has 0 saturated carbocycles. The Kier molecular flexibility index (Phi) is 3.35. The molecule has 1 aliphatic heterocycles. The lowest BCUT2D eigenvalue weighted by molar-refractivity contribution is 0.0783. The summed E-state index contributed by atoms with van der Waals surface area (Å²) in [5, 5.41) is 8.05. The van der Waals surface area contributed by atoms with Crippen LogP contribution in [0.1, 0.15) is 9.67 Å². The maximum atomic E-state index is 11.7. The highest BCUT2D eigenvalue weighted by Gasteiger charge is 2.28. The summed E-state index contributed by atoms with van der Waals surface area (Å²) in [6.07, 6.45) is 0.0777. The van der Waals surface area contributed by atoms with Crippen molar-refractivity contribution >= 4 is 17.2 Å². The van der Waals surface area contributed by atoms with E-state index in [0.29, 0.717) is 0 Å². The van der Waals surface area contributed by atoms with Gasteiger partial charge in [0.2, 0.25) is 0 Å². The minimum atomic E-state index is -0.0132. The average Bonchev–Trinajstić information content (AvgIpc) is 2.87. The first-order chi connectivity index (χ1) is 7.31. The summed E-state index contributed by atoms with van der Waals surface area (Å²) < 4.78 is 5.27. The summed E-state index contributed by atoms with van der Waals surface area (Å²) >= 11 is 1.45. The zero-order valence-corrected chi connectivity index (χ0v) is 9.34. The van der Waals surface area contributed by atoms with Crippen LogP contribution < -0.4 is 10.6 Å². The minimum Gasteiger partial charge on any atom is -0.378 e. The number of rotatable bonds is 3. The van der Waals surface area contributed by atoms with Gasteiger partial charge in [-0.05, 0) is 11.4 Å². The Morgan fingerprint density at radius 3 is 3.20 bits per heavy atom. The van der Waals surface area contributed by atoms with Crippen LogP contribution in [0, 0.1) is 0 Å². The van der Waals surface area contributed by atoms with Crippen LogP contribution in [0.4, 0.5) is 0 Å². The number of amides is 1. The molecule has 2 rings (SSSR count). The zero-order valence-electron chi connectivity index (χ0n) is 8.53. The third kappa shape index (κ3) is 2.37. The Morgan fingerprint density at radius 2 is 2.53 bits per heavy atom. The predicted octanol–water partition coefficient (Wildman–Crippen LogP) is 0.465. The van der Waals surface area contributed by atoms with Gasteiger partial charge in [-0.1, -0.05) is 6.07 Å². The first kappa shape index (κ1) is 10.6. The Labute approximate surface area is 92.6 Å². The van der Waals surface area contributed by atoms with Crippen LogP contribution in [0.25, 0.3) is 0 Å². The Hall–Kier alpha value is -0.910. The second-order valence-electron chi connectivity index (χ2n) is 3.49. The number of nitrogens with one attached hydrogen (secondary N) is 2. The second-order valence-corrected chi connectivity index (χ2v) is 4.44. The standard InChI is InChI=1S/C10H14N2O2S/c1-14-8-6-11-5-7(8)12-10(13)9-3-2-4-15-9/h2-4,7-8,11H,5-6H2,1H3,(H,12,13). The van der Waals surface area contributed by atoms with Gasteiger partial charge in [0.25, 0.3) is 5.91 Å². The number of hydrogen-bond acceptors (Lipinski definition) is 4. The van der Waals surface area contributed by atoms with Crippen molar-refractivity contribution in [1.29, 1.82) is 0 Å². The molecule has 1 saturated heterocycles. The van der Waals surface area contributed by atoms with Gasteiger partial charge in [-0.15, -0.1) is 11.3 Å². The van der Waals surface area contributed by atoms with Crippen molar-refractivity contribution < 1.29 is 9.53 Å².